The predicted molar refractivity (Wildman–Crippen MR) is 73.5 cm³/mol. The quantitative estimate of drug-likeness (QED) is 0.624. The lowest BCUT2D eigenvalue weighted by Gasteiger charge is -2.42. The topological polar surface area (TPSA) is 61.4 Å². The summed E-state index contributed by atoms with van der Waals surface area (Å²) in [5.41, 5.74) is 0.378. The third-order valence-electron chi connectivity index (χ3n) is 4.05. The van der Waals surface area contributed by atoms with Gasteiger partial charge in [0.15, 0.2) is 0 Å². The van der Waals surface area contributed by atoms with Crippen molar-refractivity contribution in [1.82, 2.24) is 10.6 Å². The summed E-state index contributed by atoms with van der Waals surface area (Å²) in [6.07, 6.45) is 6.95. The SMILES string of the molecule is CCCC1(CNC(=O)NCC(C)CCO)CCC1. The minimum Gasteiger partial charge on any atom is -0.396 e. The number of carbonyl (C=O) groups excluding carboxylic acids is 1. The highest BCUT2D eigenvalue weighted by molar-refractivity contribution is 5.73. The Bertz CT molecular complexity index is 252. The van der Waals surface area contributed by atoms with E-state index in [0.717, 1.165) is 13.0 Å². The van der Waals surface area contributed by atoms with Crippen molar-refractivity contribution < 1.29 is 9.90 Å². The monoisotopic (exact) mass is 256 g/mol. The molecule has 4 heteroatoms. The van der Waals surface area contributed by atoms with E-state index in [1.165, 1.54) is 32.1 Å². The van der Waals surface area contributed by atoms with Crippen molar-refractivity contribution in [1.29, 1.82) is 0 Å². The average molecular weight is 256 g/mol. The van der Waals surface area contributed by atoms with E-state index in [1.54, 1.807) is 0 Å². The zero-order valence-corrected chi connectivity index (χ0v) is 11.8. The van der Waals surface area contributed by atoms with E-state index in [0.29, 0.717) is 17.9 Å². The van der Waals surface area contributed by atoms with Crippen molar-refractivity contribution in [2.24, 2.45) is 11.3 Å². The van der Waals surface area contributed by atoms with Crippen LogP contribution < -0.4 is 10.6 Å². The highest BCUT2D eigenvalue weighted by atomic mass is 16.3. The van der Waals surface area contributed by atoms with Gasteiger partial charge in [0, 0.05) is 19.7 Å². The summed E-state index contributed by atoms with van der Waals surface area (Å²) in [6.45, 7) is 5.86. The van der Waals surface area contributed by atoms with Gasteiger partial charge in [-0.2, -0.15) is 0 Å². The number of carbonyl (C=O) groups is 1. The van der Waals surface area contributed by atoms with Crippen LogP contribution in [0.25, 0.3) is 0 Å². The standard InChI is InChI=1S/C14H28N2O2/c1-3-6-14(7-4-8-14)11-16-13(18)15-10-12(2)5-9-17/h12,17H,3-11H2,1-2H3,(H2,15,16,18). The smallest absolute Gasteiger partial charge is 0.314 e. The zero-order chi connectivity index (χ0) is 13.4. The summed E-state index contributed by atoms with van der Waals surface area (Å²) in [6, 6.07) is -0.0674. The van der Waals surface area contributed by atoms with E-state index in [-0.39, 0.29) is 12.6 Å². The van der Waals surface area contributed by atoms with Crippen molar-refractivity contribution in [2.45, 2.75) is 52.4 Å². The van der Waals surface area contributed by atoms with E-state index in [2.05, 4.69) is 17.6 Å². The third kappa shape index (κ3) is 4.84. The van der Waals surface area contributed by atoms with Crippen LogP contribution in [-0.2, 0) is 0 Å². The first-order valence-corrected chi connectivity index (χ1v) is 7.24. The molecule has 1 atom stereocenters. The van der Waals surface area contributed by atoms with Gasteiger partial charge in [0.25, 0.3) is 0 Å². The summed E-state index contributed by atoms with van der Waals surface area (Å²) in [5.74, 6) is 0.328. The molecular formula is C14H28N2O2. The maximum absolute atomic E-state index is 11.7. The molecule has 106 valence electrons. The van der Waals surface area contributed by atoms with Gasteiger partial charge in [-0.05, 0) is 37.0 Å². The molecule has 0 bridgehead atoms. The van der Waals surface area contributed by atoms with Gasteiger partial charge in [0.1, 0.15) is 0 Å². The van der Waals surface area contributed by atoms with Gasteiger partial charge < -0.3 is 15.7 Å². The molecule has 2 amide bonds. The van der Waals surface area contributed by atoms with Crippen LogP contribution in [0, 0.1) is 11.3 Å². The van der Waals surface area contributed by atoms with Crippen LogP contribution in [0.1, 0.15) is 52.4 Å². The number of aliphatic hydroxyl groups is 1. The van der Waals surface area contributed by atoms with Crippen LogP contribution in [0.2, 0.25) is 0 Å². The summed E-state index contributed by atoms with van der Waals surface area (Å²) < 4.78 is 0. The van der Waals surface area contributed by atoms with Crippen LogP contribution in [0.15, 0.2) is 0 Å². The van der Waals surface area contributed by atoms with Crippen molar-refractivity contribution in [3.05, 3.63) is 0 Å². The molecule has 1 saturated carbocycles. The first-order valence-electron chi connectivity index (χ1n) is 7.24. The van der Waals surface area contributed by atoms with E-state index >= 15 is 0 Å². The van der Waals surface area contributed by atoms with Gasteiger partial charge in [0.2, 0.25) is 0 Å². The fraction of sp³-hybridized carbons (Fsp3) is 0.929. The molecule has 0 radical (unpaired) electrons. The minimum absolute atomic E-state index is 0.0674. The number of amides is 2. The lowest BCUT2D eigenvalue weighted by atomic mass is 9.66. The Morgan fingerprint density at radius 1 is 1.39 bits per heavy atom. The number of hydrogen-bond acceptors (Lipinski definition) is 2. The number of nitrogens with one attached hydrogen (secondary N) is 2. The van der Waals surface area contributed by atoms with Gasteiger partial charge in [-0.3, -0.25) is 0 Å². The van der Waals surface area contributed by atoms with E-state index in [9.17, 15) is 4.79 Å². The van der Waals surface area contributed by atoms with Crippen molar-refractivity contribution in [2.75, 3.05) is 19.7 Å². The second kappa shape index (κ2) is 7.62. The molecule has 0 aromatic heterocycles. The summed E-state index contributed by atoms with van der Waals surface area (Å²) in [7, 11) is 0. The van der Waals surface area contributed by atoms with Crippen LogP contribution in [0.3, 0.4) is 0 Å². The lowest BCUT2D eigenvalue weighted by molar-refractivity contribution is 0.117. The second-order valence-electron chi connectivity index (χ2n) is 5.78. The maximum Gasteiger partial charge on any atom is 0.314 e. The van der Waals surface area contributed by atoms with Crippen molar-refractivity contribution >= 4 is 6.03 Å². The van der Waals surface area contributed by atoms with Crippen LogP contribution >= 0.6 is 0 Å². The lowest BCUT2D eigenvalue weighted by Crippen LogP contribution is -2.46. The van der Waals surface area contributed by atoms with Gasteiger partial charge in [-0.15, -0.1) is 0 Å². The molecule has 1 rings (SSSR count). The summed E-state index contributed by atoms with van der Waals surface area (Å²) in [5, 5.41) is 14.6. The van der Waals surface area contributed by atoms with Gasteiger partial charge in [-0.25, -0.2) is 4.79 Å². The molecular weight excluding hydrogens is 228 g/mol. The third-order valence-corrected chi connectivity index (χ3v) is 4.05. The van der Waals surface area contributed by atoms with E-state index in [1.807, 2.05) is 6.92 Å². The van der Waals surface area contributed by atoms with Crippen molar-refractivity contribution in [3.63, 3.8) is 0 Å². The number of rotatable bonds is 8. The van der Waals surface area contributed by atoms with Crippen LogP contribution in [0.4, 0.5) is 4.79 Å². The average Bonchev–Trinajstić information content (AvgIpc) is 2.30. The molecule has 0 heterocycles. The largest absolute Gasteiger partial charge is 0.396 e. The fourth-order valence-corrected chi connectivity index (χ4v) is 2.64. The molecule has 0 aromatic carbocycles. The number of aliphatic hydroxyl groups excluding tert-OH is 1. The molecule has 0 aliphatic heterocycles. The van der Waals surface area contributed by atoms with Gasteiger partial charge >= 0.3 is 6.03 Å². The minimum atomic E-state index is -0.0674. The fourth-order valence-electron chi connectivity index (χ4n) is 2.64. The molecule has 1 aliphatic rings. The predicted octanol–water partition coefficient (Wildman–Crippen LogP) is 2.27. The molecule has 1 aliphatic carbocycles. The number of hydrogen-bond donors (Lipinski definition) is 3. The van der Waals surface area contributed by atoms with E-state index < -0.39 is 0 Å². The molecule has 1 unspecified atom stereocenters. The molecule has 4 nitrogen and oxygen atoms in total. The Hall–Kier alpha value is -0.770. The Kier molecular flexibility index (Phi) is 6.47. The molecule has 0 aromatic rings. The first kappa shape index (κ1) is 15.3. The zero-order valence-electron chi connectivity index (χ0n) is 11.8. The van der Waals surface area contributed by atoms with Crippen molar-refractivity contribution in [3.8, 4) is 0 Å². The Morgan fingerprint density at radius 3 is 2.61 bits per heavy atom. The second-order valence-corrected chi connectivity index (χ2v) is 5.78. The molecule has 1 fully saturated rings. The molecule has 3 N–H and O–H groups in total. The van der Waals surface area contributed by atoms with Gasteiger partial charge in [0.05, 0.1) is 0 Å². The Morgan fingerprint density at radius 2 is 2.11 bits per heavy atom. The summed E-state index contributed by atoms with van der Waals surface area (Å²) in [4.78, 5) is 11.7. The highest BCUT2D eigenvalue weighted by Crippen LogP contribution is 2.44. The van der Waals surface area contributed by atoms with Crippen LogP contribution in [-0.4, -0.2) is 30.8 Å². The molecule has 0 saturated heterocycles. The Labute approximate surface area is 111 Å². The highest BCUT2D eigenvalue weighted by Gasteiger charge is 2.35. The molecule has 0 spiro atoms. The summed E-state index contributed by atoms with van der Waals surface area (Å²) >= 11 is 0. The normalized spacial score (nSPS) is 18.8. The maximum atomic E-state index is 11.7. The number of urea groups is 1. The van der Waals surface area contributed by atoms with Gasteiger partial charge in [-0.1, -0.05) is 26.7 Å². The molecule has 18 heavy (non-hydrogen) atoms. The van der Waals surface area contributed by atoms with E-state index in [4.69, 9.17) is 5.11 Å². The van der Waals surface area contributed by atoms with Crippen LogP contribution in [0.5, 0.6) is 0 Å². The first-order chi connectivity index (χ1) is 8.62. The Balaban J connectivity index is 2.16.